The summed E-state index contributed by atoms with van der Waals surface area (Å²) < 4.78 is 13.6. The van der Waals surface area contributed by atoms with Crippen molar-refractivity contribution in [1.29, 1.82) is 0 Å². The molecule has 1 saturated heterocycles. The second kappa shape index (κ2) is 8.22. The van der Waals surface area contributed by atoms with Gasteiger partial charge >= 0.3 is 0 Å². The summed E-state index contributed by atoms with van der Waals surface area (Å²) in [5.41, 5.74) is 1.06. The molecule has 8 heteroatoms. The number of carbonyl (C=O) groups excluding carboxylic acids is 1. The number of halogens is 3. The monoisotopic (exact) mass is 346 g/mol. The van der Waals surface area contributed by atoms with Crippen molar-refractivity contribution in [2.45, 2.75) is 18.9 Å². The second-order valence-corrected chi connectivity index (χ2v) is 4.88. The topological polar surface area (TPSA) is 66.9 Å². The first-order valence-electron chi connectivity index (χ1n) is 6.66. The normalized spacial score (nSPS) is 14.8. The number of amides is 1. The summed E-state index contributed by atoms with van der Waals surface area (Å²) >= 11 is 0. The molecule has 5 nitrogen and oxygen atoms in total. The summed E-state index contributed by atoms with van der Waals surface area (Å²) in [4.78, 5) is 20.5. The minimum Gasteiger partial charge on any atom is -0.349 e. The van der Waals surface area contributed by atoms with Crippen LogP contribution in [-0.2, 0) is 0 Å². The fourth-order valence-electron chi connectivity index (χ4n) is 2.44. The quantitative estimate of drug-likeness (QED) is 0.873. The zero-order chi connectivity index (χ0) is 13.9. The van der Waals surface area contributed by atoms with E-state index in [0.29, 0.717) is 11.0 Å². The minimum absolute atomic E-state index is 0. The Morgan fingerprint density at radius 2 is 1.86 bits per heavy atom. The highest BCUT2D eigenvalue weighted by atomic mass is 35.5. The number of hydrogen-bond donors (Lipinski definition) is 2. The number of rotatable bonds is 2. The second-order valence-electron chi connectivity index (χ2n) is 4.88. The Morgan fingerprint density at radius 3 is 2.59 bits per heavy atom. The van der Waals surface area contributed by atoms with Crippen molar-refractivity contribution in [2.75, 3.05) is 13.1 Å². The van der Waals surface area contributed by atoms with Gasteiger partial charge in [0.15, 0.2) is 0 Å². The van der Waals surface area contributed by atoms with E-state index < -0.39 is 5.82 Å². The summed E-state index contributed by atoms with van der Waals surface area (Å²) in [6.07, 6.45) is 4.74. The van der Waals surface area contributed by atoms with Crippen LogP contribution >= 0.6 is 24.8 Å². The average molecular weight is 347 g/mol. The lowest BCUT2D eigenvalue weighted by atomic mass is 10.1. The van der Waals surface area contributed by atoms with Gasteiger partial charge in [-0.2, -0.15) is 0 Å². The molecule has 22 heavy (non-hydrogen) atoms. The van der Waals surface area contributed by atoms with Gasteiger partial charge < -0.3 is 10.6 Å². The Hall–Kier alpha value is -1.50. The molecule has 0 atom stereocenters. The van der Waals surface area contributed by atoms with E-state index in [2.05, 4.69) is 20.6 Å². The number of carbonyl (C=O) groups is 1. The zero-order valence-electron chi connectivity index (χ0n) is 11.7. The first-order valence-corrected chi connectivity index (χ1v) is 6.66. The van der Waals surface area contributed by atoms with Crippen molar-refractivity contribution in [3.05, 3.63) is 35.9 Å². The SMILES string of the molecule is Cl.Cl.O=C(NC1CCNCC1)c1cc(F)cc2nccnc12. The van der Waals surface area contributed by atoms with E-state index in [4.69, 9.17) is 0 Å². The number of piperidine rings is 1. The highest BCUT2D eigenvalue weighted by Gasteiger charge is 2.19. The molecule has 1 aromatic heterocycles. The first kappa shape index (κ1) is 18.5. The predicted octanol–water partition coefficient (Wildman–Crippen LogP) is 2.09. The van der Waals surface area contributed by atoms with Crippen molar-refractivity contribution >= 4 is 41.8 Å². The molecule has 1 fully saturated rings. The van der Waals surface area contributed by atoms with Crippen LogP contribution in [0.3, 0.4) is 0 Å². The standard InChI is InChI=1S/C14H15FN4O.2ClH/c15-9-7-11(13-12(8-9)17-5-6-18-13)14(20)19-10-1-3-16-4-2-10;;/h5-8,10,16H,1-4H2,(H,19,20);2*1H. The highest BCUT2D eigenvalue weighted by molar-refractivity contribution is 6.04. The van der Waals surface area contributed by atoms with Gasteiger partial charge in [0.2, 0.25) is 0 Å². The molecule has 0 aliphatic carbocycles. The Morgan fingerprint density at radius 1 is 1.18 bits per heavy atom. The van der Waals surface area contributed by atoms with Crippen LogP contribution in [0.2, 0.25) is 0 Å². The van der Waals surface area contributed by atoms with Crippen molar-refractivity contribution in [2.24, 2.45) is 0 Å². The molecule has 1 amide bonds. The molecule has 3 rings (SSSR count). The van der Waals surface area contributed by atoms with E-state index in [-0.39, 0.29) is 42.3 Å². The molecule has 1 aliphatic heterocycles. The van der Waals surface area contributed by atoms with Crippen molar-refractivity contribution < 1.29 is 9.18 Å². The third-order valence-electron chi connectivity index (χ3n) is 3.46. The van der Waals surface area contributed by atoms with Gasteiger partial charge in [0.05, 0.1) is 11.1 Å². The van der Waals surface area contributed by atoms with Gasteiger partial charge in [-0.05, 0) is 32.0 Å². The van der Waals surface area contributed by atoms with Crippen LogP contribution in [0.25, 0.3) is 11.0 Å². The van der Waals surface area contributed by atoms with Crippen LogP contribution in [0.1, 0.15) is 23.2 Å². The third kappa shape index (κ3) is 4.03. The lowest BCUT2D eigenvalue weighted by Crippen LogP contribution is -2.42. The fourth-order valence-corrected chi connectivity index (χ4v) is 2.44. The zero-order valence-corrected chi connectivity index (χ0v) is 13.3. The molecule has 1 aromatic carbocycles. The van der Waals surface area contributed by atoms with Gasteiger partial charge in [0.25, 0.3) is 5.91 Å². The summed E-state index contributed by atoms with van der Waals surface area (Å²) in [5, 5.41) is 6.17. The molecule has 120 valence electrons. The van der Waals surface area contributed by atoms with Crippen molar-refractivity contribution in [1.82, 2.24) is 20.6 Å². The summed E-state index contributed by atoms with van der Waals surface area (Å²) in [6.45, 7) is 1.77. The number of aromatic nitrogens is 2. The number of benzene rings is 1. The molecular weight excluding hydrogens is 330 g/mol. The maximum absolute atomic E-state index is 13.6. The number of nitrogens with zero attached hydrogens (tertiary/aromatic N) is 2. The van der Waals surface area contributed by atoms with Gasteiger partial charge in [0, 0.05) is 24.5 Å². The molecule has 2 aromatic rings. The largest absolute Gasteiger partial charge is 0.349 e. The number of hydrogen-bond acceptors (Lipinski definition) is 4. The van der Waals surface area contributed by atoms with Gasteiger partial charge in [-0.3, -0.25) is 14.8 Å². The Balaban J connectivity index is 0.00000121. The fraction of sp³-hybridized carbons (Fsp3) is 0.357. The van der Waals surface area contributed by atoms with Crippen LogP contribution in [0.4, 0.5) is 4.39 Å². The minimum atomic E-state index is -0.478. The van der Waals surface area contributed by atoms with Crippen molar-refractivity contribution in [3.63, 3.8) is 0 Å². The van der Waals surface area contributed by atoms with E-state index >= 15 is 0 Å². The predicted molar refractivity (Wildman–Crippen MR) is 87.3 cm³/mol. The van der Waals surface area contributed by atoms with E-state index in [9.17, 15) is 9.18 Å². The van der Waals surface area contributed by atoms with Crippen LogP contribution in [0, 0.1) is 5.82 Å². The molecule has 0 bridgehead atoms. The molecule has 0 saturated carbocycles. The summed E-state index contributed by atoms with van der Waals surface area (Å²) in [7, 11) is 0. The lowest BCUT2D eigenvalue weighted by molar-refractivity contribution is 0.0930. The van der Waals surface area contributed by atoms with Crippen molar-refractivity contribution in [3.8, 4) is 0 Å². The number of nitrogens with one attached hydrogen (secondary N) is 2. The molecule has 0 radical (unpaired) electrons. The summed E-state index contributed by atoms with van der Waals surface area (Å²) in [6, 6.07) is 2.62. The maximum atomic E-state index is 13.6. The Labute approximate surface area is 139 Å². The van der Waals surface area contributed by atoms with Gasteiger partial charge in [-0.25, -0.2) is 4.39 Å². The van der Waals surface area contributed by atoms with Gasteiger partial charge in [-0.15, -0.1) is 24.8 Å². The van der Waals surface area contributed by atoms with E-state index in [1.807, 2.05) is 0 Å². The smallest absolute Gasteiger partial charge is 0.253 e. The van der Waals surface area contributed by atoms with E-state index in [1.54, 1.807) is 0 Å². The highest BCUT2D eigenvalue weighted by Crippen LogP contribution is 2.17. The lowest BCUT2D eigenvalue weighted by Gasteiger charge is -2.23. The molecule has 1 aliphatic rings. The molecule has 0 unspecified atom stereocenters. The average Bonchev–Trinajstić information content (AvgIpc) is 2.47. The van der Waals surface area contributed by atoms with Gasteiger partial charge in [0.1, 0.15) is 11.3 Å². The van der Waals surface area contributed by atoms with Crippen LogP contribution in [0.15, 0.2) is 24.5 Å². The Bertz CT molecular complexity index is 650. The van der Waals surface area contributed by atoms with Gasteiger partial charge in [-0.1, -0.05) is 0 Å². The molecule has 2 N–H and O–H groups in total. The number of fused-ring (bicyclic) bond motifs is 1. The molecular formula is C14H17Cl2FN4O. The van der Waals surface area contributed by atoms with Crippen LogP contribution in [-0.4, -0.2) is 35.0 Å². The summed E-state index contributed by atoms with van der Waals surface area (Å²) in [5.74, 6) is -0.768. The van der Waals surface area contributed by atoms with Crippen LogP contribution in [0.5, 0.6) is 0 Å². The molecule has 0 spiro atoms. The van der Waals surface area contributed by atoms with E-state index in [0.717, 1.165) is 25.9 Å². The Kier molecular flexibility index (Phi) is 6.93. The first-order chi connectivity index (χ1) is 9.74. The molecule has 2 heterocycles. The van der Waals surface area contributed by atoms with Crippen LogP contribution < -0.4 is 10.6 Å². The maximum Gasteiger partial charge on any atom is 0.253 e. The van der Waals surface area contributed by atoms with E-state index in [1.165, 1.54) is 24.5 Å². The third-order valence-corrected chi connectivity index (χ3v) is 3.46.